The summed E-state index contributed by atoms with van der Waals surface area (Å²) in [6.07, 6.45) is 4.01. The van der Waals surface area contributed by atoms with Gasteiger partial charge in [0.15, 0.2) is 0 Å². The van der Waals surface area contributed by atoms with Crippen molar-refractivity contribution in [3.05, 3.63) is 151 Å². The molecule has 49 heavy (non-hydrogen) atoms. The van der Waals surface area contributed by atoms with Gasteiger partial charge in [0.05, 0.1) is 13.7 Å². The van der Waals surface area contributed by atoms with E-state index in [1.165, 1.54) is 10.8 Å². The number of nitrogens with zero attached hydrogens (tertiary/aromatic N) is 2. The molecule has 8 aromatic rings. The molecule has 3 aromatic heterocycles. The number of furan rings is 1. The van der Waals surface area contributed by atoms with E-state index in [0.29, 0.717) is 5.92 Å². The van der Waals surface area contributed by atoms with Crippen LogP contribution in [0.4, 0.5) is 0 Å². The van der Waals surface area contributed by atoms with E-state index in [-0.39, 0.29) is 20.1 Å². The number of fused-ring (bicyclic) bond motifs is 4. The molecule has 0 saturated carbocycles. The molecule has 245 valence electrons. The Kier molecular flexibility index (Phi) is 10.1. The van der Waals surface area contributed by atoms with Crippen molar-refractivity contribution in [2.45, 2.75) is 39.4 Å². The van der Waals surface area contributed by atoms with Crippen LogP contribution in [-0.4, -0.2) is 18.0 Å². The molecule has 3 nitrogen and oxygen atoms in total. The molecule has 5 aromatic carbocycles. The molecule has 1 radical (unpaired) electrons. The van der Waals surface area contributed by atoms with Gasteiger partial charge in [0.25, 0.3) is 0 Å². The molecule has 5 heteroatoms. The van der Waals surface area contributed by atoms with Crippen LogP contribution < -0.4 is 5.19 Å². The summed E-state index contributed by atoms with van der Waals surface area (Å²) in [4.78, 5) is 9.35. The number of aromatic nitrogens is 2. The van der Waals surface area contributed by atoms with Crippen LogP contribution in [0, 0.1) is 12.1 Å². The first-order chi connectivity index (χ1) is 23.3. The van der Waals surface area contributed by atoms with Crippen LogP contribution in [0.25, 0.3) is 66.4 Å². The summed E-state index contributed by atoms with van der Waals surface area (Å²) < 4.78 is 6.46. The van der Waals surface area contributed by atoms with E-state index >= 15 is 0 Å². The predicted octanol–water partition coefficient (Wildman–Crippen LogP) is 11.5. The molecule has 0 fully saturated rings. The summed E-state index contributed by atoms with van der Waals surface area (Å²) >= 11 is 0. The smallest absolute Gasteiger partial charge is 0.128 e. The van der Waals surface area contributed by atoms with E-state index in [4.69, 9.17) is 4.42 Å². The van der Waals surface area contributed by atoms with E-state index in [1.54, 1.807) is 0 Å². The van der Waals surface area contributed by atoms with Gasteiger partial charge in [0, 0.05) is 43.4 Å². The van der Waals surface area contributed by atoms with Gasteiger partial charge in [-0.1, -0.05) is 135 Å². The zero-order valence-electron chi connectivity index (χ0n) is 28.4. The Bertz CT molecular complexity index is 2360. The zero-order chi connectivity index (χ0) is 33.3. The molecule has 0 bridgehead atoms. The van der Waals surface area contributed by atoms with Gasteiger partial charge in [0.2, 0.25) is 0 Å². The van der Waals surface area contributed by atoms with E-state index in [0.717, 1.165) is 66.4 Å². The average Bonchev–Trinajstić information content (AvgIpc) is 3.51. The minimum absolute atomic E-state index is 0. The van der Waals surface area contributed by atoms with E-state index in [1.807, 2.05) is 48.7 Å². The van der Waals surface area contributed by atoms with Crippen LogP contribution in [0.2, 0.25) is 19.6 Å². The third kappa shape index (κ3) is 7.07. The fourth-order valence-corrected chi connectivity index (χ4v) is 7.97. The zero-order valence-corrected chi connectivity index (χ0v) is 31.8. The van der Waals surface area contributed by atoms with Crippen molar-refractivity contribution in [2.75, 3.05) is 0 Å². The number of para-hydroxylation sites is 1. The molecule has 0 N–H and O–H groups in total. The Morgan fingerprint density at radius 3 is 2.08 bits per heavy atom. The second-order valence-corrected chi connectivity index (χ2v) is 18.5. The number of hydrogen-bond acceptors (Lipinski definition) is 3. The van der Waals surface area contributed by atoms with Crippen molar-refractivity contribution < 1.29 is 24.5 Å². The van der Waals surface area contributed by atoms with Crippen LogP contribution in [-0.2, 0) is 20.1 Å². The molecule has 0 unspecified atom stereocenters. The largest absolute Gasteiger partial charge is 0.500 e. The van der Waals surface area contributed by atoms with Gasteiger partial charge in [-0.3, -0.25) is 0 Å². The maximum Gasteiger partial charge on any atom is 0.128 e. The Hall–Kier alpha value is -4.67. The maximum absolute atomic E-state index is 6.46. The number of rotatable bonds is 5. The number of pyridine rings is 2. The Balaban J connectivity index is 0.000000183. The third-order valence-electron chi connectivity index (χ3n) is 8.78. The van der Waals surface area contributed by atoms with Crippen molar-refractivity contribution in [1.82, 2.24) is 9.97 Å². The van der Waals surface area contributed by atoms with E-state index in [2.05, 4.69) is 141 Å². The van der Waals surface area contributed by atoms with Crippen LogP contribution >= 0.6 is 0 Å². The molecular weight excluding hydrogens is 793 g/mol. The SMILES string of the molecule is CC(C)c1cc(-c2[c-]cccc2)ncc1[Si](C)(C)C.[Ir].[c-]1ccc2c(oc3c(-c4ccccc4)cccc32)c1-c1cc2ccccc2cn1. The molecule has 0 spiro atoms. The minimum Gasteiger partial charge on any atom is -0.500 e. The van der Waals surface area contributed by atoms with Crippen LogP contribution in [0.5, 0.6) is 0 Å². The van der Waals surface area contributed by atoms with E-state index < -0.39 is 8.07 Å². The normalized spacial score (nSPS) is 11.4. The summed E-state index contributed by atoms with van der Waals surface area (Å²) in [6.45, 7) is 11.7. The maximum atomic E-state index is 6.46. The van der Waals surface area contributed by atoms with Crippen LogP contribution in [0.3, 0.4) is 0 Å². The monoisotopic (exact) mass is 831 g/mol. The molecule has 3 heterocycles. The summed E-state index contributed by atoms with van der Waals surface area (Å²) in [6, 6.07) is 48.0. The summed E-state index contributed by atoms with van der Waals surface area (Å²) in [5.41, 5.74) is 9.28. The number of hydrogen-bond donors (Lipinski definition) is 0. The third-order valence-corrected chi connectivity index (χ3v) is 10.8. The van der Waals surface area contributed by atoms with Gasteiger partial charge in [0.1, 0.15) is 5.58 Å². The average molecular weight is 831 g/mol. The van der Waals surface area contributed by atoms with Gasteiger partial charge in [-0.2, -0.15) is 0 Å². The molecule has 0 aliphatic carbocycles. The molecule has 0 amide bonds. The van der Waals surface area contributed by atoms with Gasteiger partial charge < -0.3 is 14.4 Å². The molecular formula is C44H38IrN2OSi-2. The first-order valence-electron chi connectivity index (χ1n) is 16.5. The molecule has 0 aliphatic rings. The number of benzene rings is 5. The predicted molar refractivity (Wildman–Crippen MR) is 204 cm³/mol. The van der Waals surface area contributed by atoms with E-state index in [9.17, 15) is 0 Å². The molecule has 0 atom stereocenters. The van der Waals surface area contributed by atoms with Crippen LogP contribution in [0.1, 0.15) is 25.3 Å². The molecule has 0 aliphatic heterocycles. The molecule has 8 rings (SSSR count). The fourth-order valence-electron chi connectivity index (χ4n) is 6.29. The first-order valence-corrected chi connectivity index (χ1v) is 20.0. The van der Waals surface area contributed by atoms with Crippen molar-refractivity contribution in [3.8, 4) is 33.6 Å². The van der Waals surface area contributed by atoms with Gasteiger partial charge in [-0.05, 0) is 38.8 Å². The van der Waals surface area contributed by atoms with Gasteiger partial charge in [-0.25, -0.2) is 0 Å². The molecule has 0 saturated heterocycles. The minimum atomic E-state index is -1.34. The Morgan fingerprint density at radius 2 is 1.35 bits per heavy atom. The fraction of sp³-hybridized carbons (Fsp3) is 0.136. The van der Waals surface area contributed by atoms with Gasteiger partial charge >= 0.3 is 0 Å². The summed E-state index contributed by atoms with van der Waals surface area (Å²) in [5.74, 6) is 0.534. The van der Waals surface area contributed by atoms with Crippen molar-refractivity contribution in [1.29, 1.82) is 0 Å². The Morgan fingerprint density at radius 1 is 0.633 bits per heavy atom. The second kappa shape index (κ2) is 14.4. The van der Waals surface area contributed by atoms with Crippen molar-refractivity contribution >= 4 is 46.0 Å². The Labute approximate surface area is 303 Å². The summed E-state index contributed by atoms with van der Waals surface area (Å²) in [7, 11) is -1.34. The standard InChI is InChI=1S/C27H16NO.C17H22NSi.Ir/c1-2-8-18(9-3-1)21-12-6-13-22-23-14-7-15-24(27(23)29-26(21)22)25-16-19-10-4-5-11-20(19)17-28-25;1-13(2)15-11-16(14-9-7-6-8-10-14)18-12-17(15)19(3,4)5;/h1-14,16-17H;6-9,11-13H,1-5H3;/q2*-1;. The quantitative estimate of drug-likeness (QED) is 0.128. The topological polar surface area (TPSA) is 38.9 Å². The first kappa shape index (κ1) is 34.2. The van der Waals surface area contributed by atoms with Crippen LogP contribution in [0.15, 0.2) is 138 Å². The van der Waals surface area contributed by atoms with Crippen molar-refractivity contribution in [2.24, 2.45) is 0 Å². The van der Waals surface area contributed by atoms with Gasteiger partial charge in [-0.15, -0.1) is 54.1 Å². The second-order valence-electron chi connectivity index (χ2n) is 13.5. The summed E-state index contributed by atoms with van der Waals surface area (Å²) in [5, 5.41) is 5.95. The van der Waals surface area contributed by atoms with Crippen molar-refractivity contribution in [3.63, 3.8) is 0 Å².